The van der Waals surface area contributed by atoms with Gasteiger partial charge >= 0.3 is 5.51 Å². The zero-order valence-corrected chi connectivity index (χ0v) is 14.0. The van der Waals surface area contributed by atoms with Crippen molar-refractivity contribution in [2.24, 2.45) is 0 Å². The van der Waals surface area contributed by atoms with E-state index in [0.29, 0.717) is 5.69 Å². The number of pyridine rings is 1. The lowest BCUT2D eigenvalue weighted by molar-refractivity contribution is -0.0328. The first-order chi connectivity index (χ1) is 11.9. The van der Waals surface area contributed by atoms with Gasteiger partial charge in [-0.1, -0.05) is 12.1 Å². The summed E-state index contributed by atoms with van der Waals surface area (Å²) in [6.45, 7) is 1.92. The first kappa shape index (κ1) is 17.6. The monoisotopic (exact) mass is 367 g/mol. The first-order valence-electron chi connectivity index (χ1n) is 7.79. The van der Waals surface area contributed by atoms with Crippen LogP contribution in [0.4, 0.5) is 24.7 Å². The van der Waals surface area contributed by atoms with Crippen molar-refractivity contribution in [3.05, 3.63) is 48.2 Å². The predicted molar refractivity (Wildman–Crippen MR) is 92.0 cm³/mol. The molecular formula is C17H16F3N3OS. The molecule has 4 nitrogen and oxygen atoms in total. The molecule has 25 heavy (non-hydrogen) atoms. The summed E-state index contributed by atoms with van der Waals surface area (Å²) in [5.74, 6) is 0.242. The lowest BCUT2D eigenvalue weighted by Crippen LogP contribution is -2.19. The maximum Gasteiger partial charge on any atom is 0.446 e. The third-order valence-corrected chi connectivity index (χ3v) is 4.60. The Kier molecular flexibility index (Phi) is 5.17. The Morgan fingerprint density at radius 1 is 1.12 bits per heavy atom. The van der Waals surface area contributed by atoms with Crippen molar-refractivity contribution >= 4 is 29.2 Å². The van der Waals surface area contributed by atoms with E-state index >= 15 is 0 Å². The van der Waals surface area contributed by atoms with Gasteiger partial charge in [0.25, 0.3) is 5.91 Å². The van der Waals surface area contributed by atoms with E-state index in [4.69, 9.17) is 0 Å². The number of amides is 1. The van der Waals surface area contributed by atoms with Crippen molar-refractivity contribution in [2.45, 2.75) is 23.2 Å². The van der Waals surface area contributed by atoms with Crippen molar-refractivity contribution in [1.29, 1.82) is 0 Å². The standard InChI is InChI=1S/C17H16F3N3OS/c18-17(19,20)25-14-6-2-1-5-13(14)16(24)22-12-7-8-15(21-11-12)23-9-3-4-10-23/h1-2,5-8,11H,3-4,9-10H2,(H,22,24). The molecule has 2 heterocycles. The van der Waals surface area contributed by atoms with Gasteiger partial charge in [-0.05, 0) is 48.9 Å². The molecule has 0 aliphatic carbocycles. The third kappa shape index (κ3) is 4.66. The second kappa shape index (κ2) is 7.35. The fraction of sp³-hybridized carbons (Fsp3) is 0.294. The zero-order valence-electron chi connectivity index (χ0n) is 13.2. The minimum atomic E-state index is -4.45. The number of alkyl halides is 3. The molecular weight excluding hydrogens is 351 g/mol. The van der Waals surface area contributed by atoms with Crippen LogP contribution in [0.25, 0.3) is 0 Å². The molecule has 3 rings (SSSR count). The second-order valence-corrected chi connectivity index (χ2v) is 6.70. The van der Waals surface area contributed by atoms with E-state index < -0.39 is 11.4 Å². The van der Waals surface area contributed by atoms with Crippen LogP contribution in [0.15, 0.2) is 47.5 Å². The van der Waals surface area contributed by atoms with Crippen LogP contribution in [-0.4, -0.2) is 29.5 Å². The van der Waals surface area contributed by atoms with Gasteiger partial charge in [-0.25, -0.2) is 4.98 Å². The predicted octanol–water partition coefficient (Wildman–Crippen LogP) is 4.55. The summed E-state index contributed by atoms with van der Waals surface area (Å²) in [6.07, 6.45) is 3.78. The number of nitrogens with zero attached hydrogens (tertiary/aromatic N) is 2. The molecule has 1 amide bonds. The number of aromatic nitrogens is 1. The van der Waals surface area contributed by atoms with Gasteiger partial charge in [-0.15, -0.1) is 0 Å². The Balaban J connectivity index is 1.72. The largest absolute Gasteiger partial charge is 0.446 e. The average Bonchev–Trinajstić information content (AvgIpc) is 3.09. The van der Waals surface area contributed by atoms with Gasteiger partial charge in [0.15, 0.2) is 0 Å². The normalized spacial score (nSPS) is 14.6. The van der Waals surface area contributed by atoms with Crippen molar-refractivity contribution in [2.75, 3.05) is 23.3 Å². The summed E-state index contributed by atoms with van der Waals surface area (Å²) in [7, 11) is 0. The molecule has 8 heteroatoms. The van der Waals surface area contributed by atoms with E-state index in [1.54, 1.807) is 12.1 Å². The molecule has 0 unspecified atom stereocenters. The molecule has 1 aliphatic rings. The fourth-order valence-electron chi connectivity index (χ4n) is 2.66. The van der Waals surface area contributed by atoms with E-state index in [1.165, 1.54) is 30.5 Å². The Morgan fingerprint density at radius 2 is 1.84 bits per heavy atom. The summed E-state index contributed by atoms with van der Waals surface area (Å²) >= 11 is -0.298. The van der Waals surface area contributed by atoms with Crippen molar-refractivity contribution in [3.8, 4) is 0 Å². The third-order valence-electron chi connectivity index (χ3n) is 3.79. The number of carbonyl (C=O) groups is 1. The highest BCUT2D eigenvalue weighted by Crippen LogP contribution is 2.38. The SMILES string of the molecule is O=C(Nc1ccc(N2CCCC2)nc1)c1ccccc1SC(F)(F)F. The number of nitrogens with one attached hydrogen (secondary N) is 1. The van der Waals surface area contributed by atoms with Crippen LogP contribution in [0.5, 0.6) is 0 Å². The topological polar surface area (TPSA) is 45.2 Å². The zero-order chi connectivity index (χ0) is 17.9. The molecule has 0 saturated carbocycles. The van der Waals surface area contributed by atoms with Crippen LogP contribution < -0.4 is 10.2 Å². The van der Waals surface area contributed by atoms with E-state index in [-0.39, 0.29) is 22.2 Å². The maximum atomic E-state index is 12.6. The smallest absolute Gasteiger partial charge is 0.357 e. The Morgan fingerprint density at radius 3 is 2.48 bits per heavy atom. The number of rotatable bonds is 4. The van der Waals surface area contributed by atoms with Crippen molar-refractivity contribution in [3.63, 3.8) is 0 Å². The number of benzene rings is 1. The van der Waals surface area contributed by atoms with E-state index in [2.05, 4.69) is 15.2 Å². The molecule has 1 aliphatic heterocycles. The van der Waals surface area contributed by atoms with E-state index in [1.807, 2.05) is 0 Å². The summed E-state index contributed by atoms with van der Waals surface area (Å²) in [4.78, 5) is 18.7. The molecule has 0 radical (unpaired) electrons. The van der Waals surface area contributed by atoms with E-state index in [9.17, 15) is 18.0 Å². The number of thioether (sulfide) groups is 1. The van der Waals surface area contributed by atoms with Crippen LogP contribution in [0.2, 0.25) is 0 Å². The highest BCUT2D eigenvalue weighted by atomic mass is 32.2. The first-order valence-corrected chi connectivity index (χ1v) is 8.61. The van der Waals surface area contributed by atoms with Gasteiger partial charge in [0, 0.05) is 18.0 Å². The van der Waals surface area contributed by atoms with Crippen LogP contribution in [-0.2, 0) is 0 Å². The molecule has 1 aromatic carbocycles. The molecule has 2 aromatic rings. The Hall–Kier alpha value is -2.22. The Bertz CT molecular complexity index is 744. The van der Waals surface area contributed by atoms with Gasteiger partial charge < -0.3 is 10.2 Å². The lowest BCUT2D eigenvalue weighted by Gasteiger charge is -2.16. The minimum Gasteiger partial charge on any atom is -0.357 e. The maximum absolute atomic E-state index is 12.6. The number of anilines is 2. The quantitative estimate of drug-likeness (QED) is 0.806. The second-order valence-electron chi connectivity index (χ2n) is 5.60. The van der Waals surface area contributed by atoms with Gasteiger partial charge in [-0.2, -0.15) is 13.2 Å². The van der Waals surface area contributed by atoms with E-state index in [0.717, 1.165) is 31.7 Å². The molecule has 0 bridgehead atoms. The summed E-state index contributed by atoms with van der Waals surface area (Å²) < 4.78 is 37.9. The molecule has 0 atom stereocenters. The number of hydrogen-bond acceptors (Lipinski definition) is 4. The van der Waals surface area contributed by atoms with Gasteiger partial charge in [-0.3, -0.25) is 4.79 Å². The van der Waals surface area contributed by atoms with Crippen LogP contribution in [0, 0.1) is 0 Å². The van der Waals surface area contributed by atoms with Crippen molar-refractivity contribution < 1.29 is 18.0 Å². The highest BCUT2D eigenvalue weighted by Gasteiger charge is 2.31. The fourth-order valence-corrected chi connectivity index (χ4v) is 3.33. The molecule has 1 aromatic heterocycles. The molecule has 1 saturated heterocycles. The number of hydrogen-bond donors (Lipinski definition) is 1. The van der Waals surface area contributed by atoms with Crippen LogP contribution >= 0.6 is 11.8 Å². The Labute approximate surface area is 147 Å². The average molecular weight is 367 g/mol. The molecule has 132 valence electrons. The lowest BCUT2D eigenvalue weighted by atomic mass is 10.2. The minimum absolute atomic E-state index is 0.0200. The molecule has 1 fully saturated rings. The van der Waals surface area contributed by atoms with Crippen molar-refractivity contribution in [1.82, 2.24) is 4.98 Å². The summed E-state index contributed by atoms with van der Waals surface area (Å²) in [5.41, 5.74) is -4.02. The summed E-state index contributed by atoms with van der Waals surface area (Å²) in [5, 5.41) is 2.60. The molecule has 0 spiro atoms. The van der Waals surface area contributed by atoms with Crippen LogP contribution in [0.1, 0.15) is 23.2 Å². The van der Waals surface area contributed by atoms with Gasteiger partial charge in [0.2, 0.25) is 0 Å². The summed E-state index contributed by atoms with van der Waals surface area (Å²) in [6, 6.07) is 9.16. The highest BCUT2D eigenvalue weighted by molar-refractivity contribution is 8.00. The molecule has 1 N–H and O–H groups in total. The van der Waals surface area contributed by atoms with Crippen LogP contribution in [0.3, 0.4) is 0 Å². The van der Waals surface area contributed by atoms with Gasteiger partial charge in [0.1, 0.15) is 5.82 Å². The van der Waals surface area contributed by atoms with Gasteiger partial charge in [0.05, 0.1) is 17.4 Å². The number of halogens is 3. The number of carbonyl (C=O) groups excluding carboxylic acids is 1.